The summed E-state index contributed by atoms with van der Waals surface area (Å²) in [4.78, 5) is 35.8. The van der Waals surface area contributed by atoms with E-state index in [1.54, 1.807) is 4.90 Å². The fraction of sp³-hybridized carbons (Fsp3) is 0.409. The van der Waals surface area contributed by atoms with Crippen LogP contribution < -0.4 is 5.32 Å². The molecule has 5 rings (SSSR count). The van der Waals surface area contributed by atoms with Gasteiger partial charge in [0.1, 0.15) is 11.5 Å². The van der Waals surface area contributed by atoms with E-state index in [1.165, 1.54) is 23.5 Å². The Balaban J connectivity index is 1.35. The van der Waals surface area contributed by atoms with Gasteiger partial charge in [0, 0.05) is 34.2 Å². The molecule has 2 amide bonds. The predicted octanol–water partition coefficient (Wildman–Crippen LogP) is 4.26. The lowest BCUT2D eigenvalue weighted by Gasteiger charge is -2.25. The van der Waals surface area contributed by atoms with Crippen molar-refractivity contribution in [1.82, 2.24) is 14.9 Å². The van der Waals surface area contributed by atoms with Crippen LogP contribution in [0.3, 0.4) is 0 Å². The number of aromatic amines is 1. The SMILES string of the molecule is CCc1cc(F)cc2[nH]c(C(=O)N3CCc4nc(NC(=O)C5(C)CC5)sc4C3)cc12. The maximum absolute atomic E-state index is 13.8. The van der Waals surface area contributed by atoms with Crippen LogP contribution in [0.4, 0.5) is 9.52 Å². The number of amides is 2. The Kier molecular flexibility index (Phi) is 4.43. The number of aryl methyl sites for hydroxylation is 1. The number of carbonyl (C=O) groups is 2. The first-order valence-corrected chi connectivity index (χ1v) is 11.1. The quantitative estimate of drug-likeness (QED) is 0.654. The number of hydrogen-bond acceptors (Lipinski definition) is 4. The Morgan fingerprint density at radius 1 is 1.33 bits per heavy atom. The highest BCUT2D eigenvalue weighted by molar-refractivity contribution is 7.15. The van der Waals surface area contributed by atoms with Gasteiger partial charge in [-0.3, -0.25) is 9.59 Å². The van der Waals surface area contributed by atoms with E-state index >= 15 is 0 Å². The van der Waals surface area contributed by atoms with Gasteiger partial charge >= 0.3 is 0 Å². The molecular weight excluding hydrogens is 403 g/mol. The van der Waals surface area contributed by atoms with Crippen molar-refractivity contribution in [2.75, 3.05) is 11.9 Å². The predicted molar refractivity (Wildman–Crippen MR) is 114 cm³/mol. The number of nitrogens with zero attached hydrogens (tertiary/aromatic N) is 2. The lowest BCUT2D eigenvalue weighted by molar-refractivity contribution is -0.120. The highest BCUT2D eigenvalue weighted by Gasteiger charge is 2.45. The number of fused-ring (bicyclic) bond motifs is 2. The summed E-state index contributed by atoms with van der Waals surface area (Å²) in [7, 11) is 0. The first-order chi connectivity index (χ1) is 14.4. The lowest BCUT2D eigenvalue weighted by atomic mass is 10.1. The molecule has 1 aliphatic heterocycles. The number of hydrogen-bond donors (Lipinski definition) is 2. The topological polar surface area (TPSA) is 78.1 Å². The lowest BCUT2D eigenvalue weighted by Crippen LogP contribution is -2.35. The Morgan fingerprint density at radius 2 is 2.13 bits per heavy atom. The van der Waals surface area contributed by atoms with Gasteiger partial charge in [0.05, 0.1) is 12.2 Å². The second kappa shape index (κ2) is 6.91. The first-order valence-electron chi connectivity index (χ1n) is 10.3. The van der Waals surface area contributed by atoms with E-state index in [9.17, 15) is 14.0 Å². The zero-order chi connectivity index (χ0) is 21.0. The molecule has 2 aromatic heterocycles. The molecule has 8 heteroatoms. The third-order valence-corrected chi connectivity index (χ3v) is 7.18. The summed E-state index contributed by atoms with van der Waals surface area (Å²) >= 11 is 1.44. The van der Waals surface area contributed by atoms with E-state index in [1.807, 2.05) is 19.9 Å². The third kappa shape index (κ3) is 3.29. The van der Waals surface area contributed by atoms with Gasteiger partial charge in [-0.05, 0) is 43.0 Å². The largest absolute Gasteiger partial charge is 0.350 e. The molecule has 2 aliphatic rings. The molecule has 0 atom stereocenters. The Bertz CT molecular complexity index is 1180. The van der Waals surface area contributed by atoms with Gasteiger partial charge in [0.2, 0.25) is 5.91 Å². The molecule has 3 heterocycles. The van der Waals surface area contributed by atoms with E-state index in [-0.39, 0.29) is 23.0 Å². The summed E-state index contributed by atoms with van der Waals surface area (Å²) < 4.78 is 13.8. The van der Waals surface area contributed by atoms with Crippen molar-refractivity contribution in [3.63, 3.8) is 0 Å². The minimum atomic E-state index is -0.304. The van der Waals surface area contributed by atoms with Crippen molar-refractivity contribution in [2.45, 2.75) is 46.1 Å². The molecule has 1 saturated carbocycles. The molecule has 1 aliphatic carbocycles. The second-order valence-corrected chi connectivity index (χ2v) is 9.53. The molecule has 0 saturated heterocycles. The van der Waals surface area contributed by atoms with Crippen LogP contribution in [0.1, 0.15) is 53.3 Å². The number of rotatable bonds is 4. The number of halogens is 1. The maximum atomic E-state index is 13.8. The smallest absolute Gasteiger partial charge is 0.270 e. The van der Waals surface area contributed by atoms with Crippen LogP contribution in [0.5, 0.6) is 0 Å². The van der Waals surface area contributed by atoms with Crippen LogP contribution in [0.2, 0.25) is 0 Å². The van der Waals surface area contributed by atoms with Gasteiger partial charge < -0.3 is 15.2 Å². The van der Waals surface area contributed by atoms with E-state index in [0.717, 1.165) is 34.4 Å². The summed E-state index contributed by atoms with van der Waals surface area (Å²) in [6, 6.07) is 4.77. The minimum absolute atomic E-state index is 0.0264. The number of aromatic nitrogens is 2. The number of thiazole rings is 1. The van der Waals surface area contributed by atoms with Gasteiger partial charge in [-0.25, -0.2) is 9.37 Å². The Labute approximate surface area is 177 Å². The van der Waals surface area contributed by atoms with Crippen LogP contribution in [-0.2, 0) is 24.2 Å². The number of benzene rings is 1. The van der Waals surface area contributed by atoms with Gasteiger partial charge in [-0.2, -0.15) is 0 Å². The summed E-state index contributed by atoms with van der Waals surface area (Å²) in [5.74, 6) is -0.385. The summed E-state index contributed by atoms with van der Waals surface area (Å²) in [6.45, 7) is 4.96. The molecule has 3 aromatic rings. The molecule has 1 aromatic carbocycles. The molecule has 0 spiro atoms. The molecule has 2 N–H and O–H groups in total. The van der Waals surface area contributed by atoms with Crippen LogP contribution in [-0.4, -0.2) is 33.2 Å². The molecule has 30 heavy (non-hydrogen) atoms. The summed E-state index contributed by atoms with van der Waals surface area (Å²) in [5, 5.41) is 4.43. The molecule has 156 valence electrons. The number of carbonyl (C=O) groups excluding carboxylic acids is 2. The molecular formula is C22H23FN4O2S. The average Bonchev–Trinajstić information content (AvgIpc) is 3.16. The molecule has 0 unspecified atom stereocenters. The van der Waals surface area contributed by atoms with Gasteiger partial charge in [0.25, 0.3) is 5.91 Å². The minimum Gasteiger partial charge on any atom is -0.350 e. The average molecular weight is 427 g/mol. The van der Waals surface area contributed by atoms with Crippen LogP contribution in [0.15, 0.2) is 18.2 Å². The summed E-state index contributed by atoms with van der Waals surface area (Å²) in [5.41, 5.74) is 2.69. The van der Waals surface area contributed by atoms with Crippen LogP contribution in [0.25, 0.3) is 10.9 Å². The molecule has 1 fully saturated rings. The number of H-pyrrole nitrogens is 1. The van der Waals surface area contributed by atoms with Crippen LogP contribution in [0, 0.1) is 11.2 Å². The highest BCUT2D eigenvalue weighted by atomic mass is 32.1. The molecule has 0 radical (unpaired) electrons. The zero-order valence-corrected chi connectivity index (χ0v) is 17.8. The highest BCUT2D eigenvalue weighted by Crippen LogP contribution is 2.46. The van der Waals surface area contributed by atoms with E-state index < -0.39 is 0 Å². The van der Waals surface area contributed by atoms with Crippen molar-refractivity contribution >= 4 is 39.2 Å². The van der Waals surface area contributed by atoms with E-state index in [2.05, 4.69) is 15.3 Å². The molecule has 0 bridgehead atoms. The standard InChI is InChI=1S/C22H23FN4O2S/c1-3-12-8-13(23)9-16-14(12)10-17(24-16)19(28)27-7-4-15-18(11-27)30-21(25-15)26-20(29)22(2)5-6-22/h8-10,24H,3-7,11H2,1-2H3,(H,25,26,29). The van der Waals surface area contributed by atoms with Crippen molar-refractivity contribution in [3.05, 3.63) is 45.8 Å². The summed E-state index contributed by atoms with van der Waals surface area (Å²) in [6.07, 6.45) is 3.18. The maximum Gasteiger partial charge on any atom is 0.270 e. The normalized spacial score (nSPS) is 17.1. The van der Waals surface area contributed by atoms with E-state index in [0.29, 0.717) is 42.3 Å². The van der Waals surface area contributed by atoms with Crippen molar-refractivity contribution in [2.24, 2.45) is 5.41 Å². The molecule has 6 nitrogen and oxygen atoms in total. The van der Waals surface area contributed by atoms with Gasteiger partial charge in [0.15, 0.2) is 5.13 Å². The Morgan fingerprint density at radius 3 is 2.87 bits per heavy atom. The Hall–Kier alpha value is -2.74. The monoisotopic (exact) mass is 426 g/mol. The third-order valence-electron chi connectivity index (χ3n) is 6.19. The zero-order valence-electron chi connectivity index (χ0n) is 17.0. The first kappa shape index (κ1) is 19.2. The van der Waals surface area contributed by atoms with Crippen molar-refractivity contribution in [1.29, 1.82) is 0 Å². The van der Waals surface area contributed by atoms with Crippen LogP contribution >= 0.6 is 11.3 Å². The van der Waals surface area contributed by atoms with Gasteiger partial charge in [-0.1, -0.05) is 25.2 Å². The number of anilines is 1. The fourth-order valence-electron chi connectivity index (χ4n) is 3.94. The van der Waals surface area contributed by atoms with Gasteiger partial charge in [-0.15, -0.1) is 0 Å². The number of nitrogens with one attached hydrogen (secondary N) is 2. The van der Waals surface area contributed by atoms with Crippen molar-refractivity contribution < 1.29 is 14.0 Å². The second-order valence-electron chi connectivity index (χ2n) is 8.44. The fourth-order valence-corrected chi connectivity index (χ4v) is 4.96. The van der Waals surface area contributed by atoms with Crippen molar-refractivity contribution in [3.8, 4) is 0 Å². The van der Waals surface area contributed by atoms with E-state index in [4.69, 9.17) is 0 Å².